The zero-order chi connectivity index (χ0) is 19.2. The van der Waals surface area contributed by atoms with Crippen LogP contribution in [0.1, 0.15) is 35.9 Å². The van der Waals surface area contributed by atoms with Gasteiger partial charge < -0.3 is 0 Å². The molecular formula is C20H17N5O2. The fraction of sp³-hybridized carbons (Fsp3) is 0.200. The predicted molar refractivity (Wildman–Crippen MR) is 99.8 cm³/mol. The lowest BCUT2D eigenvalue weighted by atomic mass is 9.85. The Morgan fingerprint density at radius 3 is 2.48 bits per heavy atom. The van der Waals surface area contributed by atoms with E-state index in [0.29, 0.717) is 17.9 Å². The molecule has 0 aliphatic carbocycles. The van der Waals surface area contributed by atoms with Crippen LogP contribution in [0.3, 0.4) is 0 Å². The number of amides is 1. The molecule has 0 N–H and O–H groups in total. The SMILES string of the molecule is Cc1ncc(-c2ccc3c(c2)N(c2ccnc(C=O)n2)C(=O)C3(C)C)cn1. The molecule has 27 heavy (non-hydrogen) atoms. The predicted octanol–water partition coefficient (Wildman–Crippen LogP) is 3.01. The van der Waals surface area contributed by atoms with Gasteiger partial charge in [0.1, 0.15) is 11.6 Å². The van der Waals surface area contributed by atoms with Crippen molar-refractivity contribution in [2.24, 2.45) is 0 Å². The maximum absolute atomic E-state index is 13.1. The van der Waals surface area contributed by atoms with Crippen LogP contribution in [0.25, 0.3) is 11.1 Å². The minimum Gasteiger partial charge on any atom is -0.294 e. The smallest absolute Gasteiger partial charge is 0.242 e. The lowest BCUT2D eigenvalue weighted by Gasteiger charge is -2.19. The van der Waals surface area contributed by atoms with Gasteiger partial charge in [-0.05, 0) is 44.0 Å². The molecule has 1 aromatic carbocycles. The van der Waals surface area contributed by atoms with Crippen LogP contribution >= 0.6 is 0 Å². The molecule has 0 radical (unpaired) electrons. The Labute approximate surface area is 156 Å². The van der Waals surface area contributed by atoms with Crippen LogP contribution in [0.4, 0.5) is 11.5 Å². The minimum atomic E-state index is -0.704. The lowest BCUT2D eigenvalue weighted by molar-refractivity contribution is -0.121. The van der Waals surface area contributed by atoms with Gasteiger partial charge >= 0.3 is 0 Å². The number of aryl methyl sites for hydroxylation is 1. The number of hydrogen-bond acceptors (Lipinski definition) is 6. The Hall–Kier alpha value is -3.48. The molecule has 7 heteroatoms. The van der Waals surface area contributed by atoms with E-state index < -0.39 is 5.41 Å². The second-order valence-electron chi connectivity index (χ2n) is 6.91. The number of anilines is 2. The lowest BCUT2D eigenvalue weighted by Crippen LogP contribution is -2.33. The standard InChI is InChI=1S/C20H17N5O2/c1-12-22-9-14(10-23-12)13-4-5-15-16(8-13)25(19(27)20(15,2)3)18-6-7-21-17(11-26)24-18/h4-11H,1-3H3. The minimum absolute atomic E-state index is 0.0367. The van der Waals surface area contributed by atoms with Crippen molar-refractivity contribution in [1.29, 1.82) is 0 Å². The van der Waals surface area contributed by atoms with E-state index in [1.54, 1.807) is 23.4 Å². The number of aromatic nitrogens is 4. The maximum atomic E-state index is 13.1. The molecule has 3 heterocycles. The maximum Gasteiger partial charge on any atom is 0.242 e. The summed E-state index contributed by atoms with van der Waals surface area (Å²) in [6.45, 7) is 5.59. The number of aldehydes is 1. The molecular weight excluding hydrogens is 342 g/mol. The third-order valence-electron chi connectivity index (χ3n) is 4.76. The number of fused-ring (bicyclic) bond motifs is 1. The van der Waals surface area contributed by atoms with Gasteiger partial charge in [-0.25, -0.2) is 19.9 Å². The molecule has 1 aliphatic heterocycles. The Bertz CT molecular complexity index is 1060. The summed E-state index contributed by atoms with van der Waals surface area (Å²) in [7, 11) is 0. The highest BCUT2D eigenvalue weighted by molar-refractivity contribution is 6.12. The molecule has 0 saturated carbocycles. The number of benzene rings is 1. The highest BCUT2D eigenvalue weighted by Crippen LogP contribution is 2.46. The van der Waals surface area contributed by atoms with Gasteiger partial charge in [-0.2, -0.15) is 0 Å². The molecule has 0 bridgehead atoms. The average Bonchev–Trinajstić information content (AvgIpc) is 2.88. The van der Waals surface area contributed by atoms with Gasteiger partial charge in [0.15, 0.2) is 12.1 Å². The molecule has 1 aliphatic rings. The van der Waals surface area contributed by atoms with Crippen LogP contribution in [0.5, 0.6) is 0 Å². The Morgan fingerprint density at radius 1 is 1.04 bits per heavy atom. The summed E-state index contributed by atoms with van der Waals surface area (Å²) >= 11 is 0. The van der Waals surface area contributed by atoms with Crippen LogP contribution in [0.15, 0.2) is 42.9 Å². The van der Waals surface area contributed by atoms with Crippen LogP contribution in [-0.2, 0) is 10.2 Å². The van der Waals surface area contributed by atoms with Gasteiger partial charge in [0.05, 0.1) is 11.1 Å². The topological polar surface area (TPSA) is 88.9 Å². The Kier molecular flexibility index (Phi) is 3.80. The molecule has 0 saturated heterocycles. The van der Waals surface area contributed by atoms with Crippen LogP contribution in [0.2, 0.25) is 0 Å². The van der Waals surface area contributed by atoms with E-state index in [0.717, 1.165) is 22.4 Å². The molecule has 0 unspecified atom stereocenters. The first-order valence-corrected chi connectivity index (χ1v) is 8.48. The van der Waals surface area contributed by atoms with Gasteiger partial charge in [0.2, 0.25) is 5.91 Å². The molecule has 4 rings (SSSR count). The van der Waals surface area contributed by atoms with Gasteiger partial charge in [0, 0.05) is 24.2 Å². The third kappa shape index (κ3) is 2.68. The quantitative estimate of drug-likeness (QED) is 0.668. The second kappa shape index (κ2) is 6.05. The molecule has 0 fully saturated rings. The van der Waals surface area contributed by atoms with E-state index in [1.165, 1.54) is 6.20 Å². The first-order valence-electron chi connectivity index (χ1n) is 8.48. The second-order valence-corrected chi connectivity index (χ2v) is 6.91. The number of nitrogens with zero attached hydrogens (tertiary/aromatic N) is 5. The van der Waals surface area contributed by atoms with Gasteiger partial charge in [-0.15, -0.1) is 0 Å². The molecule has 0 spiro atoms. The Balaban J connectivity index is 1.88. The Morgan fingerprint density at radius 2 is 1.78 bits per heavy atom. The first kappa shape index (κ1) is 17.0. The van der Waals surface area contributed by atoms with Crippen LogP contribution in [0, 0.1) is 6.92 Å². The monoisotopic (exact) mass is 359 g/mol. The van der Waals surface area contributed by atoms with Crippen molar-refractivity contribution in [3.63, 3.8) is 0 Å². The third-order valence-corrected chi connectivity index (χ3v) is 4.76. The van der Waals surface area contributed by atoms with Crippen molar-refractivity contribution < 1.29 is 9.59 Å². The number of rotatable bonds is 3. The normalized spacial score (nSPS) is 14.9. The molecule has 0 atom stereocenters. The van der Waals surface area contributed by atoms with E-state index >= 15 is 0 Å². The summed E-state index contributed by atoms with van der Waals surface area (Å²) in [5.74, 6) is 1.00. The summed E-state index contributed by atoms with van der Waals surface area (Å²) in [6, 6.07) is 7.46. The highest BCUT2D eigenvalue weighted by atomic mass is 16.2. The van der Waals surface area contributed by atoms with Gasteiger partial charge in [-0.1, -0.05) is 12.1 Å². The van der Waals surface area contributed by atoms with Crippen molar-refractivity contribution in [3.8, 4) is 11.1 Å². The number of carbonyl (C=O) groups excluding carboxylic acids is 2. The summed E-state index contributed by atoms with van der Waals surface area (Å²) in [5, 5.41) is 0. The van der Waals surface area contributed by atoms with E-state index in [2.05, 4.69) is 19.9 Å². The molecule has 7 nitrogen and oxygen atoms in total. The molecule has 1 amide bonds. The fourth-order valence-electron chi connectivity index (χ4n) is 3.24. The molecule has 2 aromatic heterocycles. The fourth-order valence-corrected chi connectivity index (χ4v) is 3.24. The summed E-state index contributed by atoms with van der Waals surface area (Å²) < 4.78 is 0. The van der Waals surface area contributed by atoms with Gasteiger partial charge in [0.25, 0.3) is 0 Å². The van der Waals surface area contributed by atoms with Crippen molar-refractivity contribution in [2.45, 2.75) is 26.2 Å². The summed E-state index contributed by atoms with van der Waals surface area (Å²) in [6.07, 6.45) is 5.55. The van der Waals surface area contributed by atoms with Crippen molar-refractivity contribution in [3.05, 3.63) is 60.1 Å². The van der Waals surface area contributed by atoms with Crippen molar-refractivity contribution in [2.75, 3.05) is 4.90 Å². The average molecular weight is 359 g/mol. The van der Waals surface area contributed by atoms with Crippen LogP contribution in [-0.4, -0.2) is 32.1 Å². The van der Waals surface area contributed by atoms with E-state index in [4.69, 9.17) is 0 Å². The summed E-state index contributed by atoms with van der Waals surface area (Å²) in [4.78, 5) is 42.3. The first-order chi connectivity index (χ1) is 12.9. The molecule has 134 valence electrons. The zero-order valence-corrected chi connectivity index (χ0v) is 15.2. The largest absolute Gasteiger partial charge is 0.294 e. The molecule has 3 aromatic rings. The zero-order valence-electron chi connectivity index (χ0n) is 15.2. The van der Waals surface area contributed by atoms with Crippen molar-refractivity contribution >= 4 is 23.7 Å². The van der Waals surface area contributed by atoms with Crippen molar-refractivity contribution in [1.82, 2.24) is 19.9 Å². The van der Waals surface area contributed by atoms with Gasteiger partial charge in [-0.3, -0.25) is 14.5 Å². The summed E-state index contributed by atoms with van der Waals surface area (Å²) in [5.41, 5.74) is 2.68. The van der Waals surface area contributed by atoms with Crippen LogP contribution < -0.4 is 4.90 Å². The van der Waals surface area contributed by atoms with E-state index in [9.17, 15) is 9.59 Å². The van der Waals surface area contributed by atoms with E-state index in [1.807, 2.05) is 39.0 Å². The number of hydrogen-bond donors (Lipinski definition) is 0. The number of carbonyl (C=O) groups is 2. The van der Waals surface area contributed by atoms with E-state index in [-0.39, 0.29) is 11.7 Å². The highest BCUT2D eigenvalue weighted by Gasteiger charge is 2.45.